The first-order valence-corrected chi connectivity index (χ1v) is 7.45. The predicted octanol–water partition coefficient (Wildman–Crippen LogP) is 3.40. The minimum absolute atomic E-state index is 0.181. The average molecular weight is 320 g/mol. The molecule has 4 nitrogen and oxygen atoms in total. The summed E-state index contributed by atoms with van der Waals surface area (Å²) in [6.07, 6.45) is 0.901. The first kappa shape index (κ1) is 16.3. The summed E-state index contributed by atoms with van der Waals surface area (Å²) in [6, 6.07) is 16.9. The van der Waals surface area contributed by atoms with Gasteiger partial charge in [-0.25, -0.2) is 5.48 Å². The SMILES string of the molecule is O=C(CCc1ccccc1Cl)NOCCOc1ccccc1. The van der Waals surface area contributed by atoms with E-state index in [1.807, 2.05) is 54.6 Å². The van der Waals surface area contributed by atoms with Gasteiger partial charge in [0.15, 0.2) is 0 Å². The summed E-state index contributed by atoms with van der Waals surface area (Å²) < 4.78 is 5.44. The number of carbonyl (C=O) groups is 1. The molecule has 2 aromatic carbocycles. The molecule has 0 atom stereocenters. The Morgan fingerprint density at radius 3 is 2.50 bits per heavy atom. The molecule has 0 unspecified atom stereocenters. The molecule has 116 valence electrons. The Bertz CT molecular complexity index is 589. The number of hydroxylamine groups is 1. The second kappa shape index (κ2) is 9.07. The van der Waals surface area contributed by atoms with Gasteiger partial charge in [0.1, 0.15) is 19.0 Å². The molecule has 0 spiro atoms. The van der Waals surface area contributed by atoms with E-state index in [0.717, 1.165) is 11.3 Å². The third-order valence-electron chi connectivity index (χ3n) is 2.96. The van der Waals surface area contributed by atoms with E-state index >= 15 is 0 Å². The zero-order valence-electron chi connectivity index (χ0n) is 12.1. The molecule has 0 radical (unpaired) electrons. The van der Waals surface area contributed by atoms with Crippen molar-refractivity contribution in [2.24, 2.45) is 0 Å². The number of aryl methyl sites for hydroxylation is 1. The Balaban J connectivity index is 1.57. The Hall–Kier alpha value is -2.04. The summed E-state index contributed by atoms with van der Waals surface area (Å²) >= 11 is 6.03. The van der Waals surface area contributed by atoms with Crippen LogP contribution in [0.3, 0.4) is 0 Å². The maximum Gasteiger partial charge on any atom is 0.243 e. The van der Waals surface area contributed by atoms with Crippen molar-refractivity contribution in [2.75, 3.05) is 13.2 Å². The quantitative estimate of drug-likeness (QED) is 0.599. The van der Waals surface area contributed by atoms with Crippen LogP contribution in [0.5, 0.6) is 5.75 Å². The Morgan fingerprint density at radius 1 is 1.00 bits per heavy atom. The minimum Gasteiger partial charge on any atom is -0.491 e. The maximum absolute atomic E-state index is 11.6. The van der Waals surface area contributed by atoms with Gasteiger partial charge in [-0.2, -0.15) is 0 Å². The highest BCUT2D eigenvalue weighted by atomic mass is 35.5. The van der Waals surface area contributed by atoms with Crippen LogP contribution in [0.15, 0.2) is 54.6 Å². The summed E-state index contributed by atoms with van der Waals surface area (Å²) in [5, 5.41) is 0.674. The van der Waals surface area contributed by atoms with Gasteiger partial charge >= 0.3 is 0 Å². The minimum atomic E-state index is -0.181. The maximum atomic E-state index is 11.6. The summed E-state index contributed by atoms with van der Waals surface area (Å²) in [5.41, 5.74) is 3.35. The van der Waals surface area contributed by atoms with Crippen molar-refractivity contribution < 1.29 is 14.4 Å². The first-order valence-electron chi connectivity index (χ1n) is 7.07. The lowest BCUT2D eigenvalue weighted by Crippen LogP contribution is -2.26. The summed E-state index contributed by atoms with van der Waals surface area (Å²) in [7, 11) is 0. The molecule has 1 N–H and O–H groups in total. The number of para-hydroxylation sites is 1. The van der Waals surface area contributed by atoms with Crippen molar-refractivity contribution in [2.45, 2.75) is 12.8 Å². The largest absolute Gasteiger partial charge is 0.491 e. The zero-order chi connectivity index (χ0) is 15.6. The van der Waals surface area contributed by atoms with Gasteiger partial charge in [-0.05, 0) is 30.2 Å². The number of halogens is 1. The second-order valence-electron chi connectivity index (χ2n) is 4.63. The van der Waals surface area contributed by atoms with E-state index in [1.54, 1.807) is 0 Å². The molecule has 0 aliphatic carbocycles. The molecule has 5 heteroatoms. The van der Waals surface area contributed by atoms with Gasteiger partial charge in [-0.15, -0.1) is 0 Å². The van der Waals surface area contributed by atoms with Crippen molar-refractivity contribution in [3.8, 4) is 5.75 Å². The zero-order valence-corrected chi connectivity index (χ0v) is 12.9. The predicted molar refractivity (Wildman–Crippen MR) is 85.8 cm³/mol. The topological polar surface area (TPSA) is 47.6 Å². The second-order valence-corrected chi connectivity index (χ2v) is 5.03. The lowest BCUT2D eigenvalue weighted by Gasteiger charge is -2.08. The molecule has 1 amide bonds. The number of benzene rings is 2. The van der Waals surface area contributed by atoms with Crippen molar-refractivity contribution >= 4 is 17.5 Å². The van der Waals surface area contributed by atoms with Crippen molar-refractivity contribution in [3.05, 3.63) is 65.2 Å². The van der Waals surface area contributed by atoms with E-state index in [2.05, 4.69) is 5.48 Å². The molecule has 0 saturated carbocycles. The van der Waals surface area contributed by atoms with Crippen molar-refractivity contribution in [1.29, 1.82) is 0 Å². The van der Waals surface area contributed by atoms with Gasteiger partial charge in [-0.1, -0.05) is 48.0 Å². The van der Waals surface area contributed by atoms with Crippen LogP contribution in [0.25, 0.3) is 0 Å². The molecule has 0 heterocycles. The fraction of sp³-hybridized carbons (Fsp3) is 0.235. The van der Waals surface area contributed by atoms with Gasteiger partial charge in [0.05, 0.1) is 0 Å². The van der Waals surface area contributed by atoms with Crippen LogP contribution < -0.4 is 10.2 Å². The van der Waals surface area contributed by atoms with E-state index in [1.165, 1.54) is 0 Å². The monoisotopic (exact) mass is 319 g/mol. The Morgan fingerprint density at radius 2 is 1.73 bits per heavy atom. The van der Waals surface area contributed by atoms with E-state index in [4.69, 9.17) is 21.2 Å². The Kier molecular flexibility index (Phi) is 6.74. The highest BCUT2D eigenvalue weighted by Gasteiger charge is 2.04. The number of nitrogens with one attached hydrogen (secondary N) is 1. The van der Waals surface area contributed by atoms with Gasteiger partial charge in [0.2, 0.25) is 5.91 Å². The summed E-state index contributed by atoms with van der Waals surface area (Å²) in [4.78, 5) is 16.7. The molecule has 22 heavy (non-hydrogen) atoms. The van der Waals surface area contributed by atoms with Crippen molar-refractivity contribution in [1.82, 2.24) is 5.48 Å². The lowest BCUT2D eigenvalue weighted by atomic mass is 10.1. The highest BCUT2D eigenvalue weighted by Crippen LogP contribution is 2.16. The third-order valence-corrected chi connectivity index (χ3v) is 3.33. The van der Waals surface area contributed by atoms with Crippen LogP contribution in [-0.2, 0) is 16.1 Å². The summed E-state index contributed by atoms with van der Waals surface area (Å²) in [6.45, 7) is 0.654. The van der Waals surface area contributed by atoms with Crippen LogP contribution in [0.2, 0.25) is 5.02 Å². The van der Waals surface area contributed by atoms with Crippen LogP contribution in [0.4, 0.5) is 0 Å². The fourth-order valence-corrected chi connectivity index (χ4v) is 2.08. The first-order chi connectivity index (χ1) is 10.8. The molecule has 0 aliphatic heterocycles. The number of hydrogen-bond donors (Lipinski definition) is 1. The molecule has 0 saturated heterocycles. The molecule has 0 fully saturated rings. The molecule has 0 bridgehead atoms. The van der Waals surface area contributed by atoms with E-state index in [0.29, 0.717) is 24.5 Å². The number of ether oxygens (including phenoxy) is 1. The summed E-state index contributed by atoms with van der Waals surface area (Å²) in [5.74, 6) is 0.593. The number of carbonyl (C=O) groups excluding carboxylic acids is 1. The van der Waals surface area contributed by atoms with Crippen LogP contribution >= 0.6 is 11.6 Å². The van der Waals surface area contributed by atoms with Gasteiger partial charge in [0, 0.05) is 11.4 Å². The molecule has 2 aromatic rings. The van der Waals surface area contributed by atoms with Gasteiger partial charge in [-0.3, -0.25) is 9.63 Å². The van der Waals surface area contributed by atoms with Crippen LogP contribution in [0.1, 0.15) is 12.0 Å². The number of hydrogen-bond acceptors (Lipinski definition) is 3. The number of rotatable bonds is 8. The van der Waals surface area contributed by atoms with Crippen molar-refractivity contribution in [3.63, 3.8) is 0 Å². The molecular formula is C17H18ClNO3. The fourth-order valence-electron chi connectivity index (χ4n) is 1.85. The number of amides is 1. The standard InChI is InChI=1S/C17H18ClNO3/c18-16-9-5-4-6-14(16)10-11-17(20)19-22-13-12-21-15-7-2-1-3-8-15/h1-9H,10-13H2,(H,19,20). The van der Waals surface area contributed by atoms with E-state index in [-0.39, 0.29) is 12.5 Å². The molecule has 0 aromatic heterocycles. The molecule has 0 aliphatic rings. The Labute approximate surface area is 135 Å². The van der Waals surface area contributed by atoms with Crippen LogP contribution in [0, 0.1) is 0 Å². The lowest BCUT2D eigenvalue weighted by molar-refractivity contribution is -0.134. The highest BCUT2D eigenvalue weighted by molar-refractivity contribution is 6.31. The molecule has 2 rings (SSSR count). The normalized spacial score (nSPS) is 10.2. The van der Waals surface area contributed by atoms with E-state index < -0.39 is 0 Å². The smallest absolute Gasteiger partial charge is 0.243 e. The average Bonchev–Trinajstić information content (AvgIpc) is 2.55. The van der Waals surface area contributed by atoms with Crippen LogP contribution in [-0.4, -0.2) is 19.1 Å². The van der Waals surface area contributed by atoms with Gasteiger partial charge < -0.3 is 4.74 Å². The third kappa shape index (κ3) is 5.76. The van der Waals surface area contributed by atoms with Gasteiger partial charge in [0.25, 0.3) is 0 Å². The van der Waals surface area contributed by atoms with E-state index in [9.17, 15) is 4.79 Å². The molecular weight excluding hydrogens is 302 g/mol.